The molecule has 2 heterocycles. The van der Waals surface area contributed by atoms with Gasteiger partial charge in [0.25, 0.3) is 5.89 Å². The van der Waals surface area contributed by atoms with Gasteiger partial charge in [0.15, 0.2) is 5.69 Å². The number of hydrogen-bond acceptors (Lipinski definition) is 6. The van der Waals surface area contributed by atoms with E-state index in [0.717, 1.165) is 0 Å². The highest BCUT2D eigenvalue weighted by atomic mass is 16.5. The van der Waals surface area contributed by atoms with Gasteiger partial charge in [-0.1, -0.05) is 42.4 Å². The SMILES string of the molecule is Cc1cc(-c2nnc(CCC(=O)NC[C@H](C)c3ccccc3)o2)no1. The fraction of sp³-hybridized carbons (Fsp3) is 0.333. The van der Waals surface area contributed by atoms with E-state index >= 15 is 0 Å². The number of rotatable bonds is 7. The predicted molar refractivity (Wildman–Crippen MR) is 90.7 cm³/mol. The molecule has 0 saturated heterocycles. The van der Waals surface area contributed by atoms with Gasteiger partial charge in [-0.2, -0.15) is 0 Å². The van der Waals surface area contributed by atoms with Gasteiger partial charge in [-0.05, 0) is 18.4 Å². The van der Waals surface area contributed by atoms with Crippen molar-refractivity contribution < 1.29 is 13.7 Å². The molecule has 7 nitrogen and oxygen atoms in total. The number of nitrogens with one attached hydrogen (secondary N) is 1. The van der Waals surface area contributed by atoms with Crippen LogP contribution in [0.3, 0.4) is 0 Å². The van der Waals surface area contributed by atoms with E-state index in [9.17, 15) is 4.79 Å². The first-order valence-corrected chi connectivity index (χ1v) is 8.19. The van der Waals surface area contributed by atoms with Gasteiger partial charge in [0.05, 0.1) is 0 Å². The Kier molecular flexibility index (Phi) is 5.23. The predicted octanol–water partition coefficient (Wildman–Crippen LogP) is 2.89. The van der Waals surface area contributed by atoms with Crippen molar-refractivity contribution in [3.05, 3.63) is 53.6 Å². The largest absolute Gasteiger partial charge is 0.419 e. The third kappa shape index (κ3) is 4.53. The smallest absolute Gasteiger partial charge is 0.269 e. The van der Waals surface area contributed by atoms with E-state index in [4.69, 9.17) is 8.94 Å². The zero-order valence-electron chi connectivity index (χ0n) is 14.2. The lowest BCUT2D eigenvalue weighted by molar-refractivity contribution is -0.121. The van der Waals surface area contributed by atoms with E-state index in [1.807, 2.05) is 18.2 Å². The fourth-order valence-electron chi connectivity index (χ4n) is 2.40. The second-order valence-corrected chi connectivity index (χ2v) is 5.94. The van der Waals surface area contributed by atoms with Gasteiger partial charge in [0.1, 0.15) is 5.76 Å². The van der Waals surface area contributed by atoms with Crippen LogP contribution in [0.4, 0.5) is 0 Å². The summed E-state index contributed by atoms with van der Waals surface area (Å²) in [4.78, 5) is 12.0. The Labute approximate surface area is 145 Å². The maximum Gasteiger partial charge on any atom is 0.269 e. The zero-order chi connectivity index (χ0) is 17.6. The number of nitrogens with zero attached hydrogens (tertiary/aromatic N) is 3. The van der Waals surface area contributed by atoms with Gasteiger partial charge in [-0.15, -0.1) is 10.2 Å². The number of aryl methyl sites for hydroxylation is 2. The molecule has 0 aliphatic rings. The number of benzene rings is 1. The molecule has 1 N–H and O–H groups in total. The summed E-state index contributed by atoms with van der Waals surface area (Å²) in [6.07, 6.45) is 0.677. The van der Waals surface area contributed by atoms with Crippen molar-refractivity contribution in [1.82, 2.24) is 20.7 Å². The number of carbonyl (C=O) groups is 1. The summed E-state index contributed by atoms with van der Waals surface area (Å²) >= 11 is 0. The summed E-state index contributed by atoms with van der Waals surface area (Å²) < 4.78 is 10.5. The molecule has 0 bridgehead atoms. The van der Waals surface area contributed by atoms with Crippen molar-refractivity contribution in [2.75, 3.05) is 6.54 Å². The summed E-state index contributed by atoms with van der Waals surface area (Å²) in [7, 11) is 0. The Morgan fingerprint density at radius 1 is 1.24 bits per heavy atom. The molecule has 0 aliphatic heterocycles. The number of carbonyl (C=O) groups excluding carboxylic acids is 1. The van der Waals surface area contributed by atoms with Crippen LogP contribution in [0.25, 0.3) is 11.6 Å². The Morgan fingerprint density at radius 3 is 2.76 bits per heavy atom. The lowest BCUT2D eigenvalue weighted by Crippen LogP contribution is -2.27. The Bertz CT molecular complexity index is 826. The van der Waals surface area contributed by atoms with E-state index in [-0.39, 0.29) is 11.8 Å². The molecule has 7 heteroatoms. The van der Waals surface area contributed by atoms with Gasteiger partial charge in [0.2, 0.25) is 11.8 Å². The number of hydrogen-bond donors (Lipinski definition) is 1. The van der Waals surface area contributed by atoms with Crippen LogP contribution in [0.15, 0.2) is 45.3 Å². The molecular weight excluding hydrogens is 320 g/mol. The first-order valence-electron chi connectivity index (χ1n) is 8.19. The number of aromatic nitrogens is 3. The molecule has 0 spiro atoms. The fourth-order valence-corrected chi connectivity index (χ4v) is 2.40. The van der Waals surface area contributed by atoms with Crippen LogP contribution >= 0.6 is 0 Å². The molecule has 0 saturated carbocycles. The van der Waals surface area contributed by atoms with Gasteiger partial charge < -0.3 is 14.3 Å². The quantitative estimate of drug-likeness (QED) is 0.711. The standard InChI is InChI=1S/C18H20N4O3/c1-12(14-6-4-3-5-7-14)11-19-16(23)8-9-17-20-21-18(24-17)15-10-13(2)25-22-15/h3-7,10,12H,8-9,11H2,1-2H3,(H,19,23)/t12-/m0/s1. The van der Waals surface area contributed by atoms with Crippen LogP contribution in [-0.2, 0) is 11.2 Å². The molecule has 1 aromatic carbocycles. The second kappa shape index (κ2) is 7.74. The molecule has 0 aliphatic carbocycles. The maximum atomic E-state index is 12.0. The van der Waals surface area contributed by atoms with Crippen LogP contribution in [0.1, 0.15) is 36.5 Å². The molecule has 3 aromatic rings. The second-order valence-electron chi connectivity index (χ2n) is 5.94. The third-order valence-corrected chi connectivity index (χ3v) is 3.85. The first kappa shape index (κ1) is 16.9. The van der Waals surface area contributed by atoms with Gasteiger partial charge in [-0.3, -0.25) is 4.79 Å². The highest BCUT2D eigenvalue weighted by Gasteiger charge is 2.14. The topological polar surface area (TPSA) is 94.1 Å². The van der Waals surface area contributed by atoms with E-state index in [2.05, 4.69) is 39.7 Å². The van der Waals surface area contributed by atoms with Gasteiger partial charge in [0, 0.05) is 25.5 Å². The highest BCUT2D eigenvalue weighted by molar-refractivity contribution is 5.76. The summed E-state index contributed by atoms with van der Waals surface area (Å²) in [5.74, 6) is 1.59. The normalized spacial score (nSPS) is 12.1. The lowest BCUT2D eigenvalue weighted by Gasteiger charge is -2.12. The van der Waals surface area contributed by atoms with Crippen LogP contribution in [0.5, 0.6) is 0 Å². The maximum absolute atomic E-state index is 12.0. The lowest BCUT2D eigenvalue weighted by atomic mass is 10.0. The minimum absolute atomic E-state index is 0.0418. The van der Waals surface area contributed by atoms with Crippen LogP contribution in [0.2, 0.25) is 0 Å². The monoisotopic (exact) mass is 340 g/mol. The summed E-state index contributed by atoms with van der Waals surface area (Å²) in [6, 6.07) is 11.8. The van der Waals surface area contributed by atoms with Crippen molar-refractivity contribution in [1.29, 1.82) is 0 Å². The Hall–Kier alpha value is -2.96. The minimum atomic E-state index is -0.0418. The molecule has 1 amide bonds. The van der Waals surface area contributed by atoms with Crippen LogP contribution < -0.4 is 5.32 Å². The van der Waals surface area contributed by atoms with Crippen molar-refractivity contribution in [3.63, 3.8) is 0 Å². The van der Waals surface area contributed by atoms with Gasteiger partial charge in [-0.25, -0.2) is 0 Å². The molecule has 0 unspecified atom stereocenters. The molecule has 130 valence electrons. The van der Waals surface area contributed by atoms with E-state index in [0.29, 0.717) is 42.6 Å². The summed E-state index contributed by atoms with van der Waals surface area (Å²) in [5, 5.41) is 14.6. The third-order valence-electron chi connectivity index (χ3n) is 3.85. The van der Waals surface area contributed by atoms with Crippen LogP contribution in [-0.4, -0.2) is 27.8 Å². The molecule has 25 heavy (non-hydrogen) atoms. The van der Waals surface area contributed by atoms with Crippen LogP contribution in [0, 0.1) is 6.92 Å². The Balaban J connectivity index is 1.45. The molecule has 2 aromatic heterocycles. The van der Waals surface area contributed by atoms with Crippen molar-refractivity contribution in [3.8, 4) is 11.6 Å². The molecule has 1 atom stereocenters. The molecule has 3 rings (SSSR count). The molecule has 0 radical (unpaired) electrons. The first-order chi connectivity index (χ1) is 12.1. The van der Waals surface area contributed by atoms with Gasteiger partial charge >= 0.3 is 0 Å². The average molecular weight is 340 g/mol. The van der Waals surface area contributed by atoms with E-state index in [1.54, 1.807) is 13.0 Å². The summed E-state index contributed by atoms with van der Waals surface area (Å²) in [5.41, 5.74) is 1.70. The number of amides is 1. The summed E-state index contributed by atoms with van der Waals surface area (Å²) in [6.45, 7) is 4.46. The molecular formula is C18H20N4O3. The molecule has 0 fully saturated rings. The van der Waals surface area contributed by atoms with Crippen molar-refractivity contribution in [2.45, 2.75) is 32.6 Å². The Morgan fingerprint density at radius 2 is 2.04 bits per heavy atom. The minimum Gasteiger partial charge on any atom is -0.419 e. The van der Waals surface area contributed by atoms with E-state index in [1.165, 1.54) is 5.56 Å². The average Bonchev–Trinajstić information content (AvgIpc) is 3.27. The van der Waals surface area contributed by atoms with Crippen molar-refractivity contribution in [2.24, 2.45) is 0 Å². The highest BCUT2D eigenvalue weighted by Crippen LogP contribution is 2.18. The van der Waals surface area contributed by atoms with E-state index < -0.39 is 0 Å². The van der Waals surface area contributed by atoms with Crippen molar-refractivity contribution >= 4 is 5.91 Å². The zero-order valence-corrected chi connectivity index (χ0v) is 14.2.